The molecule has 1 saturated carbocycles. The first-order valence-electron chi connectivity index (χ1n) is 4.30. The van der Waals surface area contributed by atoms with Gasteiger partial charge in [-0.3, -0.25) is 4.79 Å². The summed E-state index contributed by atoms with van der Waals surface area (Å²) < 4.78 is 0. The van der Waals surface area contributed by atoms with Crippen molar-refractivity contribution in [1.82, 2.24) is 5.32 Å². The maximum Gasteiger partial charge on any atom is 0.223 e. The number of fused-ring (bicyclic) bond motifs is 1. The molecule has 11 heavy (non-hydrogen) atoms. The maximum absolute atomic E-state index is 11.3. The van der Waals surface area contributed by atoms with E-state index in [9.17, 15) is 4.79 Å². The van der Waals surface area contributed by atoms with E-state index in [1.807, 2.05) is 0 Å². The van der Waals surface area contributed by atoms with Crippen LogP contribution >= 0.6 is 9.24 Å². The molecule has 3 heteroatoms. The van der Waals surface area contributed by atoms with Crippen molar-refractivity contribution in [3.63, 3.8) is 0 Å². The Morgan fingerprint density at radius 2 is 2.27 bits per heavy atom. The smallest absolute Gasteiger partial charge is 0.223 e. The van der Waals surface area contributed by atoms with Gasteiger partial charge in [-0.2, -0.15) is 0 Å². The molecule has 1 N–H and O–H groups in total. The van der Waals surface area contributed by atoms with Crippen molar-refractivity contribution in [2.24, 2.45) is 11.8 Å². The summed E-state index contributed by atoms with van der Waals surface area (Å²) in [5.74, 6) is 1.32. The third-order valence-electron chi connectivity index (χ3n) is 2.88. The minimum atomic E-state index is 0.297. The Labute approximate surface area is 69.3 Å². The van der Waals surface area contributed by atoms with Gasteiger partial charge in [0.2, 0.25) is 5.91 Å². The highest BCUT2D eigenvalue weighted by Crippen LogP contribution is 2.39. The molecular weight excluding hydrogens is 157 g/mol. The maximum atomic E-state index is 11.3. The Morgan fingerprint density at radius 1 is 1.45 bits per heavy atom. The Hall–Kier alpha value is -0.100. The number of piperidine rings is 1. The monoisotopic (exact) mass is 171 g/mol. The molecule has 1 aliphatic carbocycles. The summed E-state index contributed by atoms with van der Waals surface area (Å²) in [5, 5.41) is 2.93. The summed E-state index contributed by atoms with van der Waals surface area (Å²) in [6.45, 7) is 0.900. The molecule has 1 amide bonds. The fourth-order valence-corrected chi connectivity index (χ4v) is 2.96. The summed E-state index contributed by atoms with van der Waals surface area (Å²) in [6.07, 6.45) is 3.52. The van der Waals surface area contributed by atoms with Crippen molar-refractivity contribution in [3.05, 3.63) is 0 Å². The van der Waals surface area contributed by atoms with E-state index in [0.717, 1.165) is 13.0 Å². The Kier molecular flexibility index (Phi) is 1.88. The number of hydrogen-bond donors (Lipinski definition) is 1. The van der Waals surface area contributed by atoms with Crippen molar-refractivity contribution in [1.29, 1.82) is 0 Å². The quantitative estimate of drug-likeness (QED) is 0.536. The minimum Gasteiger partial charge on any atom is -0.356 e. The molecule has 0 bridgehead atoms. The summed E-state index contributed by atoms with van der Waals surface area (Å²) >= 11 is 0. The first-order valence-corrected chi connectivity index (χ1v) is 4.97. The third kappa shape index (κ3) is 1.29. The first kappa shape index (κ1) is 7.54. The lowest BCUT2D eigenvalue weighted by Gasteiger charge is -2.24. The summed E-state index contributed by atoms with van der Waals surface area (Å²) in [4.78, 5) is 11.3. The lowest BCUT2D eigenvalue weighted by Crippen LogP contribution is -2.39. The van der Waals surface area contributed by atoms with E-state index >= 15 is 0 Å². The zero-order valence-electron chi connectivity index (χ0n) is 6.55. The van der Waals surface area contributed by atoms with E-state index in [2.05, 4.69) is 14.6 Å². The second kappa shape index (κ2) is 2.75. The average Bonchev–Trinajstić information content (AvgIpc) is 2.31. The predicted molar refractivity (Wildman–Crippen MR) is 47.3 cm³/mol. The van der Waals surface area contributed by atoms with Crippen LogP contribution < -0.4 is 5.32 Å². The normalized spacial score (nSPS) is 43.4. The van der Waals surface area contributed by atoms with Crippen molar-refractivity contribution >= 4 is 15.1 Å². The number of hydrogen-bond acceptors (Lipinski definition) is 1. The summed E-state index contributed by atoms with van der Waals surface area (Å²) in [5.41, 5.74) is 0.689. The standard InChI is InChI=1S/C8H14NOP/c10-8-7-4-6(11)3-5(7)1-2-9-8/h5-7H,1-4,11H2,(H,9,10). The van der Waals surface area contributed by atoms with Gasteiger partial charge < -0.3 is 5.32 Å². The largest absolute Gasteiger partial charge is 0.356 e. The van der Waals surface area contributed by atoms with Crippen molar-refractivity contribution < 1.29 is 4.79 Å². The van der Waals surface area contributed by atoms with Crippen LogP contribution in [-0.4, -0.2) is 18.1 Å². The number of carbonyl (C=O) groups is 1. The highest BCUT2D eigenvalue weighted by Gasteiger charge is 2.38. The van der Waals surface area contributed by atoms with Gasteiger partial charge in [0.25, 0.3) is 0 Å². The van der Waals surface area contributed by atoms with Crippen LogP contribution in [0.5, 0.6) is 0 Å². The second-order valence-electron chi connectivity index (χ2n) is 3.68. The molecule has 4 atom stereocenters. The highest BCUT2D eigenvalue weighted by molar-refractivity contribution is 7.17. The van der Waals surface area contributed by atoms with E-state index in [1.165, 1.54) is 12.8 Å². The van der Waals surface area contributed by atoms with Crippen LogP contribution in [0.4, 0.5) is 0 Å². The minimum absolute atomic E-state index is 0.297. The van der Waals surface area contributed by atoms with Gasteiger partial charge in [-0.15, -0.1) is 9.24 Å². The molecule has 1 saturated heterocycles. The van der Waals surface area contributed by atoms with Gasteiger partial charge in [0.1, 0.15) is 0 Å². The van der Waals surface area contributed by atoms with E-state index in [4.69, 9.17) is 0 Å². The van der Waals surface area contributed by atoms with E-state index in [0.29, 0.717) is 23.4 Å². The average molecular weight is 171 g/mol. The lowest BCUT2D eigenvalue weighted by molar-refractivity contribution is -0.127. The molecule has 0 aromatic heterocycles. The molecule has 0 aromatic carbocycles. The Morgan fingerprint density at radius 3 is 3.00 bits per heavy atom. The van der Waals surface area contributed by atoms with E-state index < -0.39 is 0 Å². The van der Waals surface area contributed by atoms with Crippen LogP contribution in [-0.2, 0) is 4.79 Å². The molecule has 2 aliphatic rings. The van der Waals surface area contributed by atoms with Crippen molar-refractivity contribution in [2.75, 3.05) is 6.54 Å². The van der Waals surface area contributed by atoms with Crippen molar-refractivity contribution in [2.45, 2.75) is 24.9 Å². The molecule has 62 valence electrons. The zero-order chi connectivity index (χ0) is 7.84. The predicted octanol–water partition coefficient (Wildman–Crippen LogP) is 0.776. The summed E-state index contributed by atoms with van der Waals surface area (Å²) in [7, 11) is 2.84. The van der Waals surface area contributed by atoms with Gasteiger partial charge in [0.05, 0.1) is 0 Å². The molecular formula is C8H14NOP. The third-order valence-corrected chi connectivity index (χ3v) is 3.43. The Bertz CT molecular complexity index is 183. The van der Waals surface area contributed by atoms with Gasteiger partial charge in [0.15, 0.2) is 0 Å². The molecule has 0 radical (unpaired) electrons. The molecule has 2 rings (SSSR count). The zero-order valence-corrected chi connectivity index (χ0v) is 7.70. The highest BCUT2D eigenvalue weighted by atomic mass is 31.0. The van der Waals surface area contributed by atoms with Crippen LogP contribution in [0.3, 0.4) is 0 Å². The lowest BCUT2D eigenvalue weighted by atomic mass is 9.89. The molecule has 0 spiro atoms. The molecule has 1 aliphatic heterocycles. The molecule has 2 nitrogen and oxygen atoms in total. The number of carbonyl (C=O) groups excluding carboxylic acids is 1. The second-order valence-corrected chi connectivity index (χ2v) is 4.62. The fraction of sp³-hybridized carbons (Fsp3) is 0.875. The van der Waals surface area contributed by atoms with Crippen LogP contribution in [0, 0.1) is 11.8 Å². The van der Waals surface area contributed by atoms with E-state index in [1.54, 1.807) is 0 Å². The fourth-order valence-electron chi connectivity index (χ4n) is 2.32. The Balaban J connectivity index is 2.09. The van der Waals surface area contributed by atoms with Crippen LogP contribution in [0.1, 0.15) is 19.3 Å². The number of rotatable bonds is 0. The van der Waals surface area contributed by atoms with Gasteiger partial charge in [-0.1, -0.05) is 0 Å². The molecule has 4 unspecified atom stereocenters. The van der Waals surface area contributed by atoms with Crippen molar-refractivity contribution in [3.8, 4) is 0 Å². The van der Waals surface area contributed by atoms with Gasteiger partial charge in [-0.25, -0.2) is 0 Å². The van der Waals surface area contributed by atoms with E-state index in [-0.39, 0.29) is 0 Å². The summed E-state index contributed by atoms with van der Waals surface area (Å²) in [6, 6.07) is 0. The SMILES string of the molecule is O=C1NCCC2CC(P)CC12. The first-order chi connectivity index (χ1) is 5.27. The van der Waals surface area contributed by atoms with Crippen LogP contribution in [0.25, 0.3) is 0 Å². The molecule has 2 fully saturated rings. The van der Waals surface area contributed by atoms with Gasteiger partial charge in [0, 0.05) is 12.5 Å². The topological polar surface area (TPSA) is 29.1 Å². The van der Waals surface area contributed by atoms with Gasteiger partial charge in [-0.05, 0) is 30.8 Å². The molecule has 1 heterocycles. The number of amides is 1. The number of nitrogens with one attached hydrogen (secondary N) is 1. The van der Waals surface area contributed by atoms with Gasteiger partial charge >= 0.3 is 0 Å². The molecule has 0 aromatic rings. The van der Waals surface area contributed by atoms with Crippen LogP contribution in [0.15, 0.2) is 0 Å². The van der Waals surface area contributed by atoms with Crippen LogP contribution in [0.2, 0.25) is 0 Å².